The molecule has 0 aromatic heterocycles. The summed E-state index contributed by atoms with van der Waals surface area (Å²) >= 11 is 0. The Kier molecular flexibility index (Phi) is 3.68. The second-order valence-corrected chi connectivity index (χ2v) is 7.70. The molecule has 4 rings (SSSR count). The van der Waals surface area contributed by atoms with Crippen molar-refractivity contribution in [3.63, 3.8) is 0 Å². The fourth-order valence-electron chi connectivity index (χ4n) is 4.18. The summed E-state index contributed by atoms with van der Waals surface area (Å²) in [5, 5.41) is 0. The molecule has 0 radical (unpaired) electrons. The molecular formula is C24H25N. The highest BCUT2D eigenvalue weighted by Gasteiger charge is 2.35. The first kappa shape index (κ1) is 16.0. The van der Waals surface area contributed by atoms with Crippen LogP contribution >= 0.6 is 0 Å². The van der Waals surface area contributed by atoms with Crippen molar-refractivity contribution in [3.05, 3.63) is 83.9 Å². The van der Waals surface area contributed by atoms with Crippen LogP contribution in [0.3, 0.4) is 0 Å². The zero-order valence-electron chi connectivity index (χ0n) is 15.5. The molecule has 0 N–H and O–H groups in total. The minimum absolute atomic E-state index is 0.0429. The molecule has 3 aromatic carbocycles. The Labute approximate surface area is 150 Å². The van der Waals surface area contributed by atoms with Crippen LogP contribution in [-0.4, -0.2) is 6.04 Å². The van der Waals surface area contributed by atoms with Crippen LogP contribution in [0.25, 0.3) is 11.1 Å². The SMILES string of the molecule is CC(C)N(c1ccccc1)c1ccc2c(c1)C(C)(C)c1ccccc1-2. The van der Waals surface area contributed by atoms with Crippen LogP contribution < -0.4 is 4.90 Å². The van der Waals surface area contributed by atoms with Crippen LogP contribution in [0.2, 0.25) is 0 Å². The van der Waals surface area contributed by atoms with Crippen LogP contribution in [-0.2, 0) is 5.41 Å². The molecule has 1 nitrogen and oxygen atoms in total. The summed E-state index contributed by atoms with van der Waals surface area (Å²) in [6.45, 7) is 9.17. The van der Waals surface area contributed by atoms with E-state index < -0.39 is 0 Å². The first-order valence-corrected chi connectivity index (χ1v) is 9.09. The van der Waals surface area contributed by atoms with Crippen LogP contribution in [0.5, 0.6) is 0 Å². The van der Waals surface area contributed by atoms with Gasteiger partial charge in [0.05, 0.1) is 0 Å². The molecule has 0 saturated heterocycles. The molecule has 0 heterocycles. The molecule has 0 spiro atoms. The van der Waals surface area contributed by atoms with E-state index >= 15 is 0 Å². The second kappa shape index (κ2) is 5.77. The van der Waals surface area contributed by atoms with Crippen LogP contribution in [0, 0.1) is 0 Å². The van der Waals surface area contributed by atoms with Gasteiger partial charge in [-0.25, -0.2) is 0 Å². The number of anilines is 2. The number of hydrogen-bond donors (Lipinski definition) is 0. The first-order chi connectivity index (χ1) is 12.0. The van der Waals surface area contributed by atoms with Crippen molar-refractivity contribution >= 4 is 11.4 Å². The first-order valence-electron chi connectivity index (χ1n) is 9.09. The molecule has 0 fully saturated rings. The van der Waals surface area contributed by atoms with Crippen LogP contribution in [0.15, 0.2) is 72.8 Å². The van der Waals surface area contributed by atoms with Gasteiger partial charge < -0.3 is 4.90 Å². The van der Waals surface area contributed by atoms with Crippen LogP contribution in [0.1, 0.15) is 38.8 Å². The largest absolute Gasteiger partial charge is 0.339 e. The Hall–Kier alpha value is -2.54. The molecule has 0 unspecified atom stereocenters. The predicted molar refractivity (Wildman–Crippen MR) is 108 cm³/mol. The normalized spacial score (nSPS) is 14.3. The standard InChI is InChI=1S/C24H25N/c1-17(2)25(18-10-6-5-7-11-18)19-14-15-21-20-12-8-9-13-22(20)24(3,4)23(21)16-19/h5-17H,1-4H3. The summed E-state index contributed by atoms with van der Waals surface area (Å²) in [5.74, 6) is 0. The Balaban J connectivity index is 1.86. The van der Waals surface area contributed by atoms with E-state index in [0.29, 0.717) is 6.04 Å². The summed E-state index contributed by atoms with van der Waals surface area (Å²) in [6.07, 6.45) is 0. The van der Waals surface area contributed by atoms with Gasteiger partial charge in [-0.3, -0.25) is 0 Å². The highest BCUT2D eigenvalue weighted by Crippen LogP contribution is 2.49. The zero-order valence-corrected chi connectivity index (χ0v) is 15.5. The van der Waals surface area contributed by atoms with Crippen LogP contribution in [0.4, 0.5) is 11.4 Å². The molecule has 0 amide bonds. The molecule has 1 heteroatoms. The van der Waals surface area contributed by atoms with Crippen molar-refractivity contribution in [1.29, 1.82) is 0 Å². The summed E-state index contributed by atoms with van der Waals surface area (Å²) in [4.78, 5) is 2.42. The number of fused-ring (bicyclic) bond motifs is 3. The lowest BCUT2D eigenvalue weighted by Gasteiger charge is -2.31. The highest BCUT2D eigenvalue weighted by molar-refractivity contribution is 5.83. The van der Waals surface area contributed by atoms with E-state index in [9.17, 15) is 0 Å². The van der Waals surface area contributed by atoms with E-state index in [1.165, 1.54) is 33.6 Å². The number of rotatable bonds is 3. The molecule has 3 aromatic rings. The lowest BCUT2D eigenvalue weighted by atomic mass is 9.82. The topological polar surface area (TPSA) is 3.24 Å². The fourth-order valence-corrected chi connectivity index (χ4v) is 4.18. The van der Waals surface area contributed by atoms with Crippen molar-refractivity contribution in [2.45, 2.75) is 39.2 Å². The molecule has 0 saturated carbocycles. The van der Waals surface area contributed by atoms with Crippen molar-refractivity contribution in [3.8, 4) is 11.1 Å². The minimum atomic E-state index is 0.0429. The van der Waals surface area contributed by atoms with Gasteiger partial charge in [-0.1, -0.05) is 62.4 Å². The van der Waals surface area contributed by atoms with E-state index in [1.54, 1.807) is 0 Å². The Bertz CT molecular complexity index is 906. The summed E-state index contributed by atoms with van der Waals surface area (Å²) in [6, 6.07) is 26.8. The van der Waals surface area contributed by atoms with Gasteiger partial charge in [-0.2, -0.15) is 0 Å². The summed E-state index contributed by atoms with van der Waals surface area (Å²) in [7, 11) is 0. The average molecular weight is 327 g/mol. The molecule has 0 atom stereocenters. The van der Waals surface area contributed by atoms with Crippen molar-refractivity contribution < 1.29 is 0 Å². The van der Waals surface area contributed by atoms with Gasteiger partial charge in [0.25, 0.3) is 0 Å². The molecule has 0 aliphatic heterocycles. The maximum absolute atomic E-state index is 2.42. The maximum Gasteiger partial charge on any atom is 0.0416 e. The Morgan fingerprint density at radius 3 is 2.04 bits per heavy atom. The lowest BCUT2D eigenvalue weighted by Crippen LogP contribution is -2.26. The van der Waals surface area contributed by atoms with E-state index in [2.05, 4.69) is 105 Å². The molecule has 25 heavy (non-hydrogen) atoms. The minimum Gasteiger partial charge on any atom is -0.339 e. The smallest absolute Gasteiger partial charge is 0.0416 e. The molecule has 126 valence electrons. The third kappa shape index (κ3) is 2.46. The van der Waals surface area contributed by atoms with Gasteiger partial charge in [0.1, 0.15) is 0 Å². The highest BCUT2D eigenvalue weighted by atomic mass is 15.2. The van der Waals surface area contributed by atoms with Crippen molar-refractivity contribution in [1.82, 2.24) is 0 Å². The van der Waals surface area contributed by atoms with Crippen molar-refractivity contribution in [2.24, 2.45) is 0 Å². The summed E-state index contributed by atoms with van der Waals surface area (Å²) < 4.78 is 0. The number of benzene rings is 3. The number of nitrogens with zero attached hydrogens (tertiary/aromatic N) is 1. The Morgan fingerprint density at radius 1 is 0.680 bits per heavy atom. The quantitative estimate of drug-likeness (QED) is 0.528. The van der Waals surface area contributed by atoms with Gasteiger partial charge in [0.15, 0.2) is 0 Å². The molecule has 1 aliphatic carbocycles. The summed E-state index contributed by atoms with van der Waals surface area (Å²) in [5.41, 5.74) is 8.16. The van der Waals surface area contributed by atoms with Gasteiger partial charge in [0, 0.05) is 22.8 Å². The monoisotopic (exact) mass is 327 g/mol. The second-order valence-electron chi connectivity index (χ2n) is 7.70. The molecule has 1 aliphatic rings. The third-order valence-corrected chi connectivity index (χ3v) is 5.40. The predicted octanol–water partition coefficient (Wildman–Crippen LogP) is 6.54. The number of para-hydroxylation sites is 1. The van der Waals surface area contributed by atoms with E-state index in [4.69, 9.17) is 0 Å². The third-order valence-electron chi connectivity index (χ3n) is 5.40. The zero-order chi connectivity index (χ0) is 17.6. The van der Waals surface area contributed by atoms with E-state index in [1.807, 2.05) is 0 Å². The van der Waals surface area contributed by atoms with Gasteiger partial charge in [-0.15, -0.1) is 0 Å². The molecule has 0 bridgehead atoms. The molecular weight excluding hydrogens is 302 g/mol. The van der Waals surface area contributed by atoms with Crippen molar-refractivity contribution in [2.75, 3.05) is 4.90 Å². The van der Waals surface area contributed by atoms with E-state index in [0.717, 1.165) is 0 Å². The van der Waals surface area contributed by atoms with E-state index in [-0.39, 0.29) is 5.41 Å². The lowest BCUT2D eigenvalue weighted by molar-refractivity contribution is 0.659. The van der Waals surface area contributed by atoms with Gasteiger partial charge >= 0.3 is 0 Å². The van der Waals surface area contributed by atoms with Gasteiger partial charge in [-0.05, 0) is 60.4 Å². The average Bonchev–Trinajstić information content (AvgIpc) is 2.84. The number of hydrogen-bond acceptors (Lipinski definition) is 1. The Morgan fingerprint density at radius 2 is 1.32 bits per heavy atom. The fraction of sp³-hybridized carbons (Fsp3) is 0.250. The maximum atomic E-state index is 2.42. The van der Waals surface area contributed by atoms with Gasteiger partial charge in [0.2, 0.25) is 0 Å².